The second-order valence-corrected chi connectivity index (χ2v) is 6.44. The van der Waals surface area contributed by atoms with Gasteiger partial charge in [-0.05, 0) is 25.1 Å². The summed E-state index contributed by atoms with van der Waals surface area (Å²) < 4.78 is 38.2. The number of rotatable bonds is 4. The molecule has 130 valence electrons. The van der Waals surface area contributed by atoms with E-state index in [1.165, 1.54) is 24.8 Å². The van der Waals surface area contributed by atoms with Crippen molar-refractivity contribution >= 4 is 34.5 Å². The number of amides is 1. The van der Waals surface area contributed by atoms with E-state index in [1.54, 1.807) is 6.92 Å². The lowest BCUT2D eigenvalue weighted by molar-refractivity contribution is -0.137. The predicted molar refractivity (Wildman–Crippen MR) is 87.1 cm³/mol. The summed E-state index contributed by atoms with van der Waals surface area (Å²) in [4.78, 5) is 27.3. The van der Waals surface area contributed by atoms with E-state index in [0.717, 1.165) is 23.9 Å². The van der Waals surface area contributed by atoms with Crippen molar-refractivity contribution in [3.63, 3.8) is 0 Å². The Morgan fingerprint density at radius 3 is 2.84 bits per heavy atom. The molecule has 0 aliphatic heterocycles. The predicted octanol–water partition coefficient (Wildman–Crippen LogP) is 3.49. The fourth-order valence-electron chi connectivity index (χ4n) is 2.07. The highest BCUT2D eigenvalue weighted by molar-refractivity contribution is 8.00. The Kier molecular flexibility index (Phi) is 4.62. The van der Waals surface area contributed by atoms with Crippen LogP contribution in [-0.4, -0.2) is 31.1 Å². The lowest BCUT2D eigenvalue weighted by Crippen LogP contribution is -2.22. The van der Waals surface area contributed by atoms with Crippen LogP contribution < -0.4 is 5.32 Å². The molecule has 6 nitrogen and oxygen atoms in total. The van der Waals surface area contributed by atoms with E-state index in [2.05, 4.69) is 25.3 Å². The summed E-state index contributed by atoms with van der Waals surface area (Å²) in [6.45, 7) is 1.64. The van der Waals surface area contributed by atoms with E-state index in [9.17, 15) is 18.0 Å². The number of anilines is 1. The minimum atomic E-state index is -4.46. The molecule has 0 saturated heterocycles. The van der Waals surface area contributed by atoms with Gasteiger partial charge in [0.1, 0.15) is 16.9 Å². The number of benzene rings is 1. The van der Waals surface area contributed by atoms with Gasteiger partial charge in [0, 0.05) is 5.69 Å². The number of aromatic nitrogens is 4. The Labute approximate surface area is 144 Å². The lowest BCUT2D eigenvalue weighted by Gasteiger charge is -2.13. The summed E-state index contributed by atoms with van der Waals surface area (Å²) >= 11 is 1.16. The highest BCUT2D eigenvalue weighted by atomic mass is 32.2. The van der Waals surface area contributed by atoms with Gasteiger partial charge in [-0.3, -0.25) is 4.79 Å². The molecule has 3 aromatic rings. The first kappa shape index (κ1) is 17.2. The van der Waals surface area contributed by atoms with Crippen LogP contribution in [0.1, 0.15) is 12.5 Å². The maximum Gasteiger partial charge on any atom is 0.416 e. The largest absolute Gasteiger partial charge is 0.416 e. The Hall–Kier alpha value is -2.62. The van der Waals surface area contributed by atoms with Gasteiger partial charge in [0.05, 0.1) is 17.1 Å². The molecule has 0 bridgehead atoms. The SMILES string of the molecule is C[C@@H](Sc1ncnc2nc[nH]c12)C(=O)Nc1cccc(C(F)(F)F)c1. The van der Waals surface area contributed by atoms with Gasteiger partial charge in [-0.25, -0.2) is 15.0 Å². The van der Waals surface area contributed by atoms with Crippen LogP contribution in [0.2, 0.25) is 0 Å². The second-order valence-electron chi connectivity index (χ2n) is 5.11. The first-order chi connectivity index (χ1) is 11.8. The van der Waals surface area contributed by atoms with Gasteiger partial charge in [-0.1, -0.05) is 17.8 Å². The van der Waals surface area contributed by atoms with E-state index in [0.29, 0.717) is 16.2 Å². The third-order valence-electron chi connectivity index (χ3n) is 3.30. The maximum atomic E-state index is 12.7. The first-order valence-electron chi connectivity index (χ1n) is 7.13. The number of halogens is 3. The van der Waals surface area contributed by atoms with Crippen LogP contribution in [-0.2, 0) is 11.0 Å². The summed E-state index contributed by atoms with van der Waals surface area (Å²) in [6, 6.07) is 4.49. The number of imidazole rings is 1. The fraction of sp³-hybridized carbons (Fsp3) is 0.200. The summed E-state index contributed by atoms with van der Waals surface area (Å²) in [5, 5.41) is 2.44. The Balaban J connectivity index is 1.72. The van der Waals surface area contributed by atoms with E-state index in [1.807, 2.05) is 0 Å². The lowest BCUT2D eigenvalue weighted by atomic mass is 10.2. The van der Waals surface area contributed by atoms with Gasteiger partial charge >= 0.3 is 6.18 Å². The zero-order valence-electron chi connectivity index (χ0n) is 12.8. The van der Waals surface area contributed by atoms with Gasteiger partial charge in [0.25, 0.3) is 0 Å². The van der Waals surface area contributed by atoms with Gasteiger partial charge in [0.2, 0.25) is 5.91 Å². The van der Waals surface area contributed by atoms with Gasteiger partial charge in [-0.15, -0.1) is 0 Å². The zero-order chi connectivity index (χ0) is 18.0. The number of fused-ring (bicyclic) bond motifs is 1. The summed E-state index contributed by atoms with van der Waals surface area (Å²) in [6.07, 6.45) is -1.66. The molecule has 2 aromatic heterocycles. The van der Waals surface area contributed by atoms with Crippen LogP contribution in [0.3, 0.4) is 0 Å². The van der Waals surface area contributed by atoms with E-state index in [-0.39, 0.29) is 5.69 Å². The quantitative estimate of drug-likeness (QED) is 0.545. The van der Waals surface area contributed by atoms with Crippen molar-refractivity contribution in [2.75, 3.05) is 5.32 Å². The van der Waals surface area contributed by atoms with Crippen LogP contribution >= 0.6 is 11.8 Å². The van der Waals surface area contributed by atoms with E-state index < -0.39 is 22.9 Å². The van der Waals surface area contributed by atoms with Crippen LogP contribution in [0.5, 0.6) is 0 Å². The van der Waals surface area contributed by atoms with Gasteiger partial charge in [0.15, 0.2) is 5.65 Å². The number of carbonyl (C=O) groups excluding carboxylic acids is 1. The van der Waals surface area contributed by atoms with Crippen LogP contribution in [0.15, 0.2) is 41.9 Å². The topological polar surface area (TPSA) is 83.6 Å². The van der Waals surface area contributed by atoms with Gasteiger partial charge in [-0.2, -0.15) is 13.2 Å². The summed E-state index contributed by atoms with van der Waals surface area (Å²) in [7, 11) is 0. The standard InChI is InChI=1S/C15H12F3N5OS/c1-8(25-14-11-12(20-6-19-11)21-7-22-14)13(24)23-10-4-2-3-9(5-10)15(16,17)18/h2-8H,1H3,(H,23,24)(H,19,20,21,22)/t8-/m1/s1. The number of hydrogen-bond acceptors (Lipinski definition) is 5. The molecule has 0 radical (unpaired) electrons. The van der Waals surface area contributed by atoms with Crippen molar-refractivity contribution in [1.82, 2.24) is 19.9 Å². The van der Waals surface area contributed by atoms with Crippen molar-refractivity contribution in [1.29, 1.82) is 0 Å². The molecule has 0 aliphatic rings. The maximum absolute atomic E-state index is 12.7. The Bertz CT molecular complexity index is 911. The third-order valence-corrected chi connectivity index (χ3v) is 4.40. The first-order valence-corrected chi connectivity index (χ1v) is 8.01. The number of carbonyl (C=O) groups is 1. The third kappa shape index (κ3) is 3.90. The number of aromatic amines is 1. The minimum Gasteiger partial charge on any atom is -0.341 e. The smallest absolute Gasteiger partial charge is 0.341 e. The number of alkyl halides is 3. The van der Waals surface area contributed by atoms with Crippen molar-refractivity contribution in [2.24, 2.45) is 0 Å². The normalized spacial score (nSPS) is 13.0. The van der Waals surface area contributed by atoms with E-state index in [4.69, 9.17) is 0 Å². The molecule has 0 saturated carbocycles. The second kappa shape index (κ2) is 6.71. The van der Waals surface area contributed by atoms with Crippen molar-refractivity contribution in [3.05, 3.63) is 42.5 Å². The molecule has 0 fully saturated rings. The molecule has 10 heteroatoms. The molecule has 1 amide bonds. The van der Waals surface area contributed by atoms with Crippen molar-refractivity contribution in [3.8, 4) is 0 Å². The average molecular weight is 367 g/mol. The molecule has 2 N–H and O–H groups in total. The van der Waals surface area contributed by atoms with Crippen LogP contribution in [0.4, 0.5) is 18.9 Å². The zero-order valence-corrected chi connectivity index (χ0v) is 13.6. The highest BCUT2D eigenvalue weighted by Crippen LogP contribution is 2.31. The fourth-order valence-corrected chi connectivity index (χ4v) is 2.95. The molecular weight excluding hydrogens is 355 g/mol. The molecule has 25 heavy (non-hydrogen) atoms. The average Bonchev–Trinajstić information content (AvgIpc) is 3.04. The number of H-pyrrole nitrogens is 1. The summed E-state index contributed by atoms with van der Waals surface area (Å²) in [5.74, 6) is -0.435. The van der Waals surface area contributed by atoms with Crippen molar-refractivity contribution < 1.29 is 18.0 Å². The van der Waals surface area contributed by atoms with Crippen LogP contribution in [0, 0.1) is 0 Å². The molecular formula is C15H12F3N5OS. The monoisotopic (exact) mass is 367 g/mol. The highest BCUT2D eigenvalue weighted by Gasteiger charge is 2.30. The minimum absolute atomic E-state index is 0.0849. The van der Waals surface area contributed by atoms with Gasteiger partial charge < -0.3 is 10.3 Å². The van der Waals surface area contributed by atoms with Crippen molar-refractivity contribution in [2.45, 2.75) is 23.4 Å². The molecule has 3 rings (SSSR count). The number of nitrogens with zero attached hydrogens (tertiary/aromatic N) is 3. The molecule has 0 unspecified atom stereocenters. The molecule has 0 spiro atoms. The number of nitrogens with one attached hydrogen (secondary N) is 2. The number of thioether (sulfide) groups is 1. The Morgan fingerprint density at radius 2 is 2.08 bits per heavy atom. The molecule has 1 aromatic carbocycles. The summed E-state index contributed by atoms with van der Waals surface area (Å²) in [5.41, 5.74) is 0.344. The molecule has 2 heterocycles. The number of hydrogen-bond donors (Lipinski definition) is 2. The van der Waals surface area contributed by atoms with Crippen LogP contribution in [0.25, 0.3) is 11.2 Å². The molecule has 0 aliphatic carbocycles. The Morgan fingerprint density at radius 1 is 1.28 bits per heavy atom. The molecule has 1 atom stereocenters. The van der Waals surface area contributed by atoms with E-state index >= 15 is 0 Å².